The first kappa shape index (κ1) is 24.5. The van der Waals surface area contributed by atoms with E-state index in [2.05, 4.69) is 16.7 Å². The maximum atomic E-state index is 13.0. The molecule has 2 aliphatic heterocycles. The van der Waals surface area contributed by atoms with Crippen LogP contribution in [0.4, 0.5) is 17.1 Å². The molecule has 2 aromatic rings. The Morgan fingerprint density at radius 1 is 0.971 bits per heavy atom. The van der Waals surface area contributed by atoms with Gasteiger partial charge >= 0.3 is 5.97 Å². The highest BCUT2D eigenvalue weighted by atomic mass is 16.6. The monoisotopic (exact) mass is 481 g/mol. The molecule has 1 unspecified atom stereocenters. The fourth-order valence-corrected chi connectivity index (χ4v) is 4.75. The molecule has 2 aliphatic rings. The number of hydrogen-bond donors (Lipinski definition) is 0. The number of piperazine rings is 2. The normalized spacial score (nSPS) is 18.9. The number of ether oxygens (including phenoxy) is 1. The van der Waals surface area contributed by atoms with Crippen LogP contribution in [-0.4, -0.2) is 92.1 Å². The number of nitro benzene ring substituents is 1. The number of amides is 1. The van der Waals surface area contributed by atoms with E-state index in [1.807, 2.05) is 21.9 Å². The first-order chi connectivity index (χ1) is 16.9. The van der Waals surface area contributed by atoms with Gasteiger partial charge in [-0.15, -0.1) is 0 Å². The quantitative estimate of drug-likeness (QED) is 0.352. The molecule has 0 aromatic heterocycles. The molecule has 0 N–H and O–H groups in total. The van der Waals surface area contributed by atoms with E-state index < -0.39 is 0 Å². The van der Waals surface area contributed by atoms with Crippen LogP contribution in [0.15, 0.2) is 48.5 Å². The number of methoxy groups -OCH3 is 1. The van der Waals surface area contributed by atoms with Gasteiger partial charge in [-0.3, -0.25) is 19.8 Å². The van der Waals surface area contributed by atoms with Crippen LogP contribution in [0.3, 0.4) is 0 Å². The van der Waals surface area contributed by atoms with Gasteiger partial charge in [0, 0.05) is 63.6 Å². The lowest BCUT2D eigenvalue weighted by Crippen LogP contribution is -2.56. The summed E-state index contributed by atoms with van der Waals surface area (Å²) in [6.45, 7) is 7.07. The number of nitro groups is 1. The Labute approximate surface area is 204 Å². The highest BCUT2D eigenvalue weighted by Crippen LogP contribution is 2.28. The smallest absolute Gasteiger partial charge is 0.337 e. The Morgan fingerprint density at radius 2 is 1.63 bits per heavy atom. The number of hydrogen-bond acceptors (Lipinski definition) is 8. The summed E-state index contributed by atoms with van der Waals surface area (Å²) in [5.41, 5.74) is 2.27. The molecule has 0 aliphatic carbocycles. The summed E-state index contributed by atoms with van der Waals surface area (Å²) in [5, 5.41) is 11.3. The van der Waals surface area contributed by atoms with E-state index in [1.54, 1.807) is 30.3 Å². The minimum atomic E-state index is -0.360. The second-order valence-electron chi connectivity index (χ2n) is 8.92. The average Bonchev–Trinajstić information content (AvgIpc) is 2.89. The van der Waals surface area contributed by atoms with Crippen LogP contribution in [0.1, 0.15) is 17.3 Å². The number of nitrogens with zero attached hydrogens (tertiary/aromatic N) is 5. The number of benzene rings is 2. The van der Waals surface area contributed by atoms with Crippen LogP contribution in [-0.2, 0) is 9.53 Å². The van der Waals surface area contributed by atoms with Crippen molar-refractivity contribution in [3.05, 3.63) is 64.2 Å². The first-order valence-electron chi connectivity index (χ1n) is 11.8. The summed E-state index contributed by atoms with van der Waals surface area (Å²) in [4.78, 5) is 44.0. The van der Waals surface area contributed by atoms with Crippen LogP contribution in [0, 0.1) is 10.1 Å². The van der Waals surface area contributed by atoms with E-state index in [0.29, 0.717) is 44.0 Å². The van der Waals surface area contributed by atoms with Crippen molar-refractivity contribution in [2.45, 2.75) is 13.0 Å². The SMILES string of the molecule is COC(=O)c1ccc(N2CCN(CC(=O)N3CCN(c4ccccc4[N+](=O)[O-])CC3)C(C)C2)cc1. The number of anilines is 2. The second kappa shape index (κ2) is 10.7. The summed E-state index contributed by atoms with van der Waals surface area (Å²) in [6, 6.07) is 14.3. The zero-order valence-corrected chi connectivity index (χ0v) is 20.1. The Morgan fingerprint density at radius 3 is 2.26 bits per heavy atom. The fourth-order valence-electron chi connectivity index (χ4n) is 4.75. The Balaban J connectivity index is 1.28. The minimum absolute atomic E-state index is 0.0925. The predicted octanol–water partition coefficient (Wildman–Crippen LogP) is 2.24. The van der Waals surface area contributed by atoms with Gasteiger partial charge in [0.2, 0.25) is 5.91 Å². The van der Waals surface area contributed by atoms with Crippen LogP contribution >= 0.6 is 0 Å². The Bertz CT molecular complexity index is 1070. The van der Waals surface area contributed by atoms with Gasteiger partial charge in [0.25, 0.3) is 5.69 Å². The van der Waals surface area contributed by atoms with Crippen molar-refractivity contribution in [2.75, 3.05) is 69.3 Å². The molecular formula is C25H31N5O5. The average molecular weight is 482 g/mol. The molecule has 2 saturated heterocycles. The molecule has 2 aromatic carbocycles. The van der Waals surface area contributed by atoms with Crippen LogP contribution in [0.5, 0.6) is 0 Å². The second-order valence-corrected chi connectivity index (χ2v) is 8.92. The number of para-hydroxylation sites is 2. The molecule has 1 amide bonds. The third-order valence-electron chi connectivity index (χ3n) is 6.81. The highest BCUT2D eigenvalue weighted by molar-refractivity contribution is 5.89. The molecule has 2 heterocycles. The number of rotatable bonds is 6. The van der Waals surface area contributed by atoms with Crippen LogP contribution in [0.2, 0.25) is 0 Å². The van der Waals surface area contributed by atoms with Crippen molar-refractivity contribution in [3.63, 3.8) is 0 Å². The van der Waals surface area contributed by atoms with Crippen molar-refractivity contribution in [1.29, 1.82) is 0 Å². The zero-order valence-electron chi connectivity index (χ0n) is 20.1. The van der Waals surface area contributed by atoms with Crippen molar-refractivity contribution in [1.82, 2.24) is 9.80 Å². The van der Waals surface area contributed by atoms with Crippen LogP contribution < -0.4 is 9.80 Å². The molecule has 0 radical (unpaired) electrons. The third-order valence-corrected chi connectivity index (χ3v) is 6.81. The molecule has 4 rings (SSSR count). The highest BCUT2D eigenvalue weighted by Gasteiger charge is 2.29. The molecule has 0 bridgehead atoms. The van der Waals surface area contributed by atoms with E-state index in [1.165, 1.54) is 13.2 Å². The van der Waals surface area contributed by atoms with Gasteiger partial charge in [-0.1, -0.05) is 12.1 Å². The largest absolute Gasteiger partial charge is 0.465 e. The Hall–Kier alpha value is -3.66. The number of esters is 1. The Kier molecular flexibility index (Phi) is 7.50. The molecule has 35 heavy (non-hydrogen) atoms. The predicted molar refractivity (Wildman–Crippen MR) is 133 cm³/mol. The number of carbonyl (C=O) groups excluding carboxylic acids is 2. The van der Waals surface area contributed by atoms with E-state index >= 15 is 0 Å². The van der Waals surface area contributed by atoms with Gasteiger partial charge < -0.3 is 19.4 Å². The lowest BCUT2D eigenvalue weighted by Gasteiger charge is -2.42. The summed E-state index contributed by atoms with van der Waals surface area (Å²) in [7, 11) is 1.37. The van der Waals surface area contributed by atoms with Gasteiger partial charge in [-0.2, -0.15) is 0 Å². The molecule has 186 valence electrons. The molecule has 2 fully saturated rings. The number of carbonyl (C=O) groups is 2. The summed E-state index contributed by atoms with van der Waals surface area (Å²) in [6.07, 6.45) is 0. The van der Waals surface area contributed by atoms with Crippen molar-refractivity contribution >= 4 is 28.9 Å². The summed E-state index contributed by atoms with van der Waals surface area (Å²) < 4.78 is 4.76. The van der Waals surface area contributed by atoms with E-state index in [9.17, 15) is 19.7 Å². The van der Waals surface area contributed by atoms with Gasteiger partial charge in [-0.05, 0) is 37.3 Å². The first-order valence-corrected chi connectivity index (χ1v) is 11.8. The lowest BCUT2D eigenvalue weighted by molar-refractivity contribution is -0.384. The lowest BCUT2D eigenvalue weighted by atomic mass is 10.1. The van der Waals surface area contributed by atoms with Crippen molar-refractivity contribution in [2.24, 2.45) is 0 Å². The maximum Gasteiger partial charge on any atom is 0.337 e. The van der Waals surface area contributed by atoms with E-state index in [-0.39, 0.29) is 28.5 Å². The molecule has 1 atom stereocenters. The molecular weight excluding hydrogens is 450 g/mol. The topological polar surface area (TPSA) is 99.5 Å². The molecule has 10 heteroatoms. The summed E-state index contributed by atoms with van der Waals surface area (Å²) >= 11 is 0. The fraction of sp³-hybridized carbons (Fsp3) is 0.440. The maximum absolute atomic E-state index is 13.0. The van der Waals surface area contributed by atoms with Gasteiger partial charge in [0.15, 0.2) is 0 Å². The van der Waals surface area contributed by atoms with E-state index in [0.717, 1.165) is 25.3 Å². The molecule has 10 nitrogen and oxygen atoms in total. The van der Waals surface area contributed by atoms with Gasteiger partial charge in [-0.25, -0.2) is 4.79 Å². The van der Waals surface area contributed by atoms with E-state index in [4.69, 9.17) is 4.74 Å². The molecule has 0 saturated carbocycles. The minimum Gasteiger partial charge on any atom is -0.465 e. The van der Waals surface area contributed by atoms with Crippen LogP contribution in [0.25, 0.3) is 0 Å². The van der Waals surface area contributed by atoms with Gasteiger partial charge in [0.05, 0.1) is 24.1 Å². The van der Waals surface area contributed by atoms with Gasteiger partial charge in [0.1, 0.15) is 5.69 Å². The zero-order chi connectivity index (χ0) is 24.9. The van der Waals surface area contributed by atoms with Crippen molar-refractivity contribution in [3.8, 4) is 0 Å². The standard InChI is InChI=1S/C25H31N5O5/c1-19-17-29(21-9-7-20(8-10-21)25(32)35-2)16-15-28(19)18-24(31)27-13-11-26(12-14-27)22-5-3-4-6-23(22)30(33)34/h3-10,19H,11-18H2,1-2H3. The third kappa shape index (κ3) is 5.54. The van der Waals surface area contributed by atoms with Crippen molar-refractivity contribution < 1.29 is 19.2 Å². The summed E-state index contributed by atoms with van der Waals surface area (Å²) in [5.74, 6) is -0.258. The molecule has 0 spiro atoms.